The molecular formula is C6H15MgNO4S. The summed E-state index contributed by atoms with van der Waals surface area (Å²) in [6, 6.07) is -0.232. The molecule has 5 nitrogen and oxygen atoms in total. The Morgan fingerprint density at radius 3 is 2.38 bits per heavy atom. The van der Waals surface area contributed by atoms with E-state index in [2.05, 4.69) is 5.32 Å². The fourth-order valence-corrected chi connectivity index (χ4v) is 1.40. The number of rotatable bonds is 4. The molecule has 0 spiro atoms. The second-order valence-corrected chi connectivity index (χ2v) is 4.25. The van der Waals surface area contributed by atoms with Crippen molar-refractivity contribution < 1.29 is 20.6 Å². The van der Waals surface area contributed by atoms with Crippen molar-refractivity contribution in [3.05, 3.63) is 0 Å². The zero-order chi connectivity index (χ0) is 9.78. The Kier molecular flexibility index (Phi) is 7.90. The Labute approximate surface area is 97.1 Å². The minimum Gasteiger partial charge on any atom is -1.00 e. The van der Waals surface area contributed by atoms with Crippen LogP contribution < -0.4 is 5.32 Å². The molecule has 0 rings (SSSR count). The first-order valence-corrected chi connectivity index (χ1v) is 5.14. The van der Waals surface area contributed by atoms with Crippen molar-refractivity contribution in [1.29, 1.82) is 0 Å². The van der Waals surface area contributed by atoms with Crippen LogP contribution in [0.3, 0.4) is 0 Å². The zero-order valence-corrected chi connectivity index (χ0v) is 10.0. The van der Waals surface area contributed by atoms with Crippen molar-refractivity contribution in [3.8, 4) is 0 Å². The number of carbonyl (C=O) groups excluding carboxylic acids is 1. The van der Waals surface area contributed by atoms with Crippen molar-refractivity contribution in [3.63, 3.8) is 0 Å². The Hall–Kier alpha value is 0.146. The molecule has 0 aliphatic carbocycles. The first-order chi connectivity index (χ1) is 5.31. The molecule has 0 aliphatic rings. The molecule has 0 radical (unpaired) electrons. The SMILES string of the molecule is CC(=O)NC(C)CCS(=O)(=O)O.[H-].[H-].[Mg+2]. The van der Waals surface area contributed by atoms with Gasteiger partial charge in [-0.3, -0.25) is 9.35 Å². The molecule has 2 N–H and O–H groups in total. The van der Waals surface area contributed by atoms with Crippen LogP contribution in [0.15, 0.2) is 0 Å². The van der Waals surface area contributed by atoms with E-state index in [1.165, 1.54) is 6.92 Å². The Bertz CT molecular complexity index is 260. The van der Waals surface area contributed by atoms with Crippen LogP contribution in [0, 0.1) is 0 Å². The second-order valence-electron chi connectivity index (χ2n) is 2.68. The van der Waals surface area contributed by atoms with Gasteiger partial charge in [0.05, 0.1) is 5.75 Å². The van der Waals surface area contributed by atoms with E-state index in [0.29, 0.717) is 0 Å². The van der Waals surface area contributed by atoms with E-state index in [-0.39, 0.29) is 50.0 Å². The van der Waals surface area contributed by atoms with Crippen LogP contribution in [-0.4, -0.2) is 53.7 Å². The molecule has 0 saturated heterocycles. The maximum Gasteiger partial charge on any atom is 2.00 e. The van der Waals surface area contributed by atoms with E-state index in [0.717, 1.165) is 0 Å². The summed E-state index contributed by atoms with van der Waals surface area (Å²) in [6.45, 7) is 3.02. The van der Waals surface area contributed by atoms with E-state index >= 15 is 0 Å². The summed E-state index contributed by atoms with van der Waals surface area (Å²) in [6.07, 6.45) is 0.221. The van der Waals surface area contributed by atoms with Crippen molar-refractivity contribution in [1.82, 2.24) is 5.32 Å². The molecule has 0 aliphatic heterocycles. The van der Waals surface area contributed by atoms with Crippen LogP contribution >= 0.6 is 0 Å². The number of carbonyl (C=O) groups is 1. The van der Waals surface area contributed by atoms with Crippen LogP contribution in [-0.2, 0) is 14.9 Å². The van der Waals surface area contributed by atoms with Gasteiger partial charge in [-0.2, -0.15) is 8.42 Å². The van der Waals surface area contributed by atoms with E-state index in [4.69, 9.17) is 4.55 Å². The normalized spacial score (nSPS) is 12.8. The standard InChI is InChI=1S/C6H13NO4S.Mg.2H/c1-5(7-6(2)8)3-4-12(9,10)11;;;/h5H,3-4H2,1-2H3,(H,7,8)(H,9,10,11);;;/q;+2;2*-1. The molecule has 0 saturated carbocycles. The van der Waals surface area contributed by atoms with Gasteiger partial charge in [0.1, 0.15) is 0 Å². The quantitative estimate of drug-likeness (QED) is 0.501. The Morgan fingerprint density at radius 1 is 1.62 bits per heavy atom. The fourth-order valence-electron chi connectivity index (χ4n) is 0.745. The van der Waals surface area contributed by atoms with Gasteiger partial charge in [-0.25, -0.2) is 0 Å². The van der Waals surface area contributed by atoms with Crippen molar-refractivity contribution in [2.24, 2.45) is 0 Å². The Balaban J connectivity index is -0.000000202. The number of nitrogens with one attached hydrogen (secondary N) is 1. The van der Waals surface area contributed by atoms with Gasteiger partial charge < -0.3 is 8.17 Å². The summed E-state index contributed by atoms with van der Waals surface area (Å²) in [7, 11) is -3.91. The van der Waals surface area contributed by atoms with Crippen LogP contribution in [0.2, 0.25) is 0 Å². The third-order valence-electron chi connectivity index (χ3n) is 1.26. The van der Waals surface area contributed by atoms with Gasteiger partial charge in [-0.15, -0.1) is 0 Å². The number of amides is 1. The molecule has 0 aromatic carbocycles. The van der Waals surface area contributed by atoms with Gasteiger partial charge in [0.2, 0.25) is 5.91 Å². The first-order valence-electron chi connectivity index (χ1n) is 3.53. The molecule has 0 aromatic heterocycles. The predicted octanol–water partition coefficient (Wildman–Crippen LogP) is -0.367. The molecule has 7 heteroatoms. The third-order valence-corrected chi connectivity index (χ3v) is 2.01. The second kappa shape index (κ2) is 6.58. The van der Waals surface area contributed by atoms with Gasteiger partial charge in [-0.05, 0) is 13.3 Å². The molecular weight excluding hydrogens is 206 g/mol. The van der Waals surface area contributed by atoms with E-state index in [9.17, 15) is 13.2 Å². The van der Waals surface area contributed by atoms with E-state index in [1.54, 1.807) is 6.92 Å². The summed E-state index contributed by atoms with van der Waals surface area (Å²) < 4.78 is 28.9. The monoisotopic (exact) mass is 221 g/mol. The van der Waals surface area contributed by atoms with Crippen molar-refractivity contribution in [2.75, 3.05) is 5.75 Å². The minimum atomic E-state index is -3.91. The topological polar surface area (TPSA) is 83.5 Å². The fraction of sp³-hybridized carbons (Fsp3) is 0.833. The number of hydrogen-bond donors (Lipinski definition) is 2. The zero-order valence-electron chi connectivity index (χ0n) is 9.78. The van der Waals surface area contributed by atoms with Crippen LogP contribution in [0.4, 0.5) is 0 Å². The van der Waals surface area contributed by atoms with Gasteiger partial charge >= 0.3 is 23.1 Å². The summed E-state index contributed by atoms with van der Waals surface area (Å²) >= 11 is 0. The molecule has 1 atom stereocenters. The predicted molar refractivity (Wildman–Crippen MR) is 52.3 cm³/mol. The molecule has 0 heterocycles. The van der Waals surface area contributed by atoms with Crippen molar-refractivity contribution >= 4 is 39.1 Å². The average molecular weight is 222 g/mol. The molecule has 1 unspecified atom stereocenters. The van der Waals surface area contributed by atoms with Gasteiger partial charge in [-0.1, -0.05) is 0 Å². The van der Waals surface area contributed by atoms with E-state index in [1.807, 2.05) is 0 Å². The molecule has 0 bridgehead atoms. The van der Waals surface area contributed by atoms with Gasteiger partial charge in [0.25, 0.3) is 10.1 Å². The first kappa shape index (κ1) is 15.6. The maximum atomic E-state index is 10.5. The smallest absolute Gasteiger partial charge is 1.00 e. The molecule has 76 valence electrons. The van der Waals surface area contributed by atoms with Gasteiger partial charge in [0, 0.05) is 13.0 Å². The maximum absolute atomic E-state index is 10.5. The van der Waals surface area contributed by atoms with Crippen molar-refractivity contribution in [2.45, 2.75) is 26.3 Å². The van der Waals surface area contributed by atoms with Crippen LogP contribution in [0.25, 0.3) is 0 Å². The molecule has 0 fully saturated rings. The van der Waals surface area contributed by atoms with Gasteiger partial charge in [0.15, 0.2) is 0 Å². The largest absolute Gasteiger partial charge is 2.00 e. The minimum absolute atomic E-state index is 0. The molecule has 13 heavy (non-hydrogen) atoms. The summed E-state index contributed by atoms with van der Waals surface area (Å²) in [5, 5.41) is 2.50. The number of hydrogen-bond acceptors (Lipinski definition) is 3. The summed E-state index contributed by atoms with van der Waals surface area (Å²) in [5.41, 5.74) is 0. The summed E-state index contributed by atoms with van der Waals surface area (Å²) in [5.74, 6) is -0.535. The third kappa shape index (κ3) is 12.1. The molecule has 0 aromatic rings. The van der Waals surface area contributed by atoms with Crippen LogP contribution in [0.5, 0.6) is 0 Å². The summed E-state index contributed by atoms with van der Waals surface area (Å²) in [4.78, 5) is 10.5. The van der Waals surface area contributed by atoms with E-state index < -0.39 is 10.1 Å². The Morgan fingerprint density at radius 2 is 2.08 bits per heavy atom. The van der Waals surface area contributed by atoms with Crippen LogP contribution in [0.1, 0.15) is 23.1 Å². The average Bonchev–Trinajstić information content (AvgIpc) is 1.80. The molecule has 1 amide bonds.